The molecule has 1 heterocycles. The third kappa shape index (κ3) is 7.77. The molecule has 3 aromatic rings. The van der Waals surface area contributed by atoms with Crippen molar-refractivity contribution < 1.29 is 17.9 Å². The summed E-state index contributed by atoms with van der Waals surface area (Å²) in [5.74, 6) is 0.0378. The summed E-state index contributed by atoms with van der Waals surface area (Å²) in [6.45, 7) is 14.6. The van der Waals surface area contributed by atoms with Gasteiger partial charge in [0.15, 0.2) is 0 Å². The van der Waals surface area contributed by atoms with E-state index in [1.165, 1.54) is 4.31 Å². The maximum atomic E-state index is 13.6. The zero-order valence-electron chi connectivity index (χ0n) is 24.4. The van der Waals surface area contributed by atoms with E-state index >= 15 is 0 Å². The van der Waals surface area contributed by atoms with E-state index in [2.05, 4.69) is 46.9 Å². The molecule has 0 atom stereocenters. The lowest BCUT2D eigenvalue weighted by Crippen LogP contribution is -2.39. The van der Waals surface area contributed by atoms with Crippen LogP contribution in [0.3, 0.4) is 0 Å². The summed E-state index contributed by atoms with van der Waals surface area (Å²) in [4.78, 5) is 13.5. The molecule has 0 radical (unpaired) electrons. The number of sulfonamides is 1. The van der Waals surface area contributed by atoms with Gasteiger partial charge in [0.25, 0.3) is 0 Å². The predicted octanol–water partition coefficient (Wildman–Crippen LogP) is 5.44. The number of amides is 1. The summed E-state index contributed by atoms with van der Waals surface area (Å²) < 4.78 is 35.3. The molecule has 212 valence electrons. The Morgan fingerprint density at radius 3 is 2.23 bits per heavy atom. The molecule has 0 unspecified atom stereocenters. The van der Waals surface area contributed by atoms with Crippen LogP contribution in [0.1, 0.15) is 64.8 Å². The Bertz CT molecular complexity index is 1380. The van der Waals surface area contributed by atoms with E-state index in [9.17, 15) is 13.2 Å². The molecule has 39 heavy (non-hydrogen) atoms. The number of nitrogens with one attached hydrogen (secondary N) is 1. The van der Waals surface area contributed by atoms with Crippen LogP contribution < -0.4 is 5.32 Å². The van der Waals surface area contributed by atoms with Crippen molar-refractivity contribution in [2.24, 2.45) is 0 Å². The lowest BCUT2D eigenvalue weighted by atomic mass is 9.87. The Kier molecular flexibility index (Phi) is 9.41. The number of methoxy groups -OCH3 is 1. The van der Waals surface area contributed by atoms with Crippen molar-refractivity contribution in [3.8, 4) is 5.69 Å². The summed E-state index contributed by atoms with van der Waals surface area (Å²) in [5, 5.41) is 7.68. The minimum Gasteiger partial charge on any atom is -0.385 e. The number of aryl methyl sites for hydroxylation is 1. The molecule has 9 heteroatoms. The van der Waals surface area contributed by atoms with E-state index in [1.807, 2.05) is 49.4 Å². The molecule has 8 nitrogen and oxygen atoms in total. The van der Waals surface area contributed by atoms with E-state index in [4.69, 9.17) is 9.84 Å². The van der Waals surface area contributed by atoms with Gasteiger partial charge in [-0.2, -0.15) is 9.40 Å². The molecule has 0 spiro atoms. The smallest absolute Gasteiger partial charge is 0.243 e. The molecule has 0 aliphatic heterocycles. The number of rotatable bonds is 10. The quantitative estimate of drug-likeness (QED) is 0.337. The molecule has 0 aliphatic rings. The molecule has 0 fully saturated rings. The van der Waals surface area contributed by atoms with Crippen molar-refractivity contribution in [3.63, 3.8) is 0 Å². The molecule has 0 aliphatic carbocycles. The van der Waals surface area contributed by atoms with Gasteiger partial charge in [-0.15, -0.1) is 0 Å². The fraction of sp³-hybridized carbons (Fsp3) is 0.467. The molecular formula is C30H42N4O4S. The van der Waals surface area contributed by atoms with Gasteiger partial charge in [-0.25, -0.2) is 13.1 Å². The average molecular weight is 555 g/mol. The first-order valence-electron chi connectivity index (χ1n) is 13.2. The highest BCUT2D eigenvalue weighted by molar-refractivity contribution is 7.89. The van der Waals surface area contributed by atoms with E-state index in [-0.39, 0.29) is 28.8 Å². The monoisotopic (exact) mass is 554 g/mol. The Morgan fingerprint density at radius 2 is 1.67 bits per heavy atom. The Balaban J connectivity index is 1.91. The van der Waals surface area contributed by atoms with Crippen molar-refractivity contribution in [2.75, 3.05) is 32.1 Å². The van der Waals surface area contributed by atoms with Crippen molar-refractivity contribution in [1.29, 1.82) is 0 Å². The van der Waals surface area contributed by atoms with Gasteiger partial charge < -0.3 is 10.1 Å². The van der Waals surface area contributed by atoms with Crippen LogP contribution in [0.2, 0.25) is 0 Å². The van der Waals surface area contributed by atoms with Crippen molar-refractivity contribution >= 4 is 21.7 Å². The highest BCUT2D eigenvalue weighted by atomic mass is 32.2. The molecule has 1 amide bonds. The molecule has 0 saturated carbocycles. The third-order valence-electron chi connectivity index (χ3n) is 6.43. The fourth-order valence-electron chi connectivity index (χ4n) is 4.08. The number of benzene rings is 2. The molecule has 3 rings (SSSR count). The molecule has 1 aromatic heterocycles. The first kappa shape index (κ1) is 30.5. The predicted molar refractivity (Wildman–Crippen MR) is 156 cm³/mol. The number of ether oxygens (including phenoxy) is 1. The second-order valence-electron chi connectivity index (χ2n) is 11.9. The maximum Gasteiger partial charge on any atom is 0.243 e. The summed E-state index contributed by atoms with van der Waals surface area (Å²) >= 11 is 0. The topological polar surface area (TPSA) is 93.5 Å². The Morgan fingerprint density at radius 1 is 1.00 bits per heavy atom. The van der Waals surface area contributed by atoms with E-state index < -0.39 is 15.9 Å². The van der Waals surface area contributed by atoms with Gasteiger partial charge in [0.1, 0.15) is 5.82 Å². The number of carbonyl (C=O) groups is 1. The summed E-state index contributed by atoms with van der Waals surface area (Å²) in [6, 6.07) is 16.6. The summed E-state index contributed by atoms with van der Waals surface area (Å²) in [6.07, 6.45) is 0.457. The van der Waals surface area contributed by atoms with Crippen molar-refractivity contribution in [2.45, 2.75) is 70.6 Å². The molecule has 2 aromatic carbocycles. The second kappa shape index (κ2) is 12.0. The number of hydrogen-bond donors (Lipinski definition) is 1. The molecular weight excluding hydrogens is 512 g/mol. The van der Waals surface area contributed by atoms with Crippen LogP contribution in [0, 0.1) is 6.92 Å². The third-order valence-corrected chi connectivity index (χ3v) is 8.28. The standard InChI is InChI=1S/C30H42N4O4S/c1-22-11-9-12-24(19-22)34-27(20-26(32-34)30(5,6)7)31-28(35)21-33(17-10-18-38-8)39(36,37)25-15-13-23(14-16-25)29(2,3)4/h9,11-16,19-20H,10,17-18,21H2,1-8H3,(H,31,35). The number of aromatic nitrogens is 2. The van der Waals surface area contributed by atoms with Crippen LogP contribution in [0.15, 0.2) is 59.5 Å². The normalized spacial score (nSPS) is 12.6. The zero-order valence-corrected chi connectivity index (χ0v) is 25.2. The summed E-state index contributed by atoms with van der Waals surface area (Å²) in [5.41, 5.74) is 3.36. The lowest BCUT2D eigenvalue weighted by Gasteiger charge is -2.23. The van der Waals surface area contributed by atoms with Gasteiger partial charge >= 0.3 is 0 Å². The van der Waals surface area contributed by atoms with Crippen molar-refractivity contribution in [3.05, 3.63) is 71.4 Å². The van der Waals surface area contributed by atoms with Crippen molar-refractivity contribution in [1.82, 2.24) is 14.1 Å². The highest BCUT2D eigenvalue weighted by Gasteiger charge is 2.28. The molecule has 0 bridgehead atoms. The Labute approximate surface area is 233 Å². The largest absolute Gasteiger partial charge is 0.385 e. The SMILES string of the molecule is COCCCN(CC(=O)Nc1cc(C(C)(C)C)nn1-c1cccc(C)c1)S(=O)(=O)c1ccc(C(C)(C)C)cc1. The van der Waals surface area contributed by atoms with Gasteiger partial charge in [-0.05, 0) is 54.2 Å². The minimum absolute atomic E-state index is 0.105. The molecule has 1 N–H and O–H groups in total. The van der Waals surface area contributed by atoms with Crippen LogP contribution in [-0.2, 0) is 30.4 Å². The van der Waals surface area contributed by atoms with Crippen LogP contribution in [-0.4, -0.2) is 55.2 Å². The number of hydrogen-bond acceptors (Lipinski definition) is 5. The van der Waals surface area contributed by atoms with E-state index in [0.717, 1.165) is 22.5 Å². The van der Waals surface area contributed by atoms with Gasteiger partial charge in [0.05, 0.1) is 22.8 Å². The first-order chi connectivity index (χ1) is 18.1. The van der Waals surface area contributed by atoms with E-state index in [0.29, 0.717) is 18.8 Å². The lowest BCUT2D eigenvalue weighted by molar-refractivity contribution is -0.116. The second-order valence-corrected chi connectivity index (χ2v) is 13.9. The minimum atomic E-state index is -3.92. The van der Waals surface area contributed by atoms with E-state index in [1.54, 1.807) is 23.9 Å². The highest BCUT2D eigenvalue weighted by Crippen LogP contribution is 2.27. The number of anilines is 1. The van der Waals surface area contributed by atoms with Crippen LogP contribution in [0.4, 0.5) is 5.82 Å². The van der Waals surface area contributed by atoms with Gasteiger partial charge in [0, 0.05) is 31.7 Å². The zero-order chi connectivity index (χ0) is 29.0. The van der Waals surface area contributed by atoms with Gasteiger partial charge in [0.2, 0.25) is 15.9 Å². The van der Waals surface area contributed by atoms with Crippen LogP contribution in [0.25, 0.3) is 5.69 Å². The number of carbonyl (C=O) groups excluding carboxylic acids is 1. The first-order valence-corrected chi connectivity index (χ1v) is 14.6. The molecule has 0 saturated heterocycles. The van der Waals surface area contributed by atoms with Gasteiger partial charge in [-0.1, -0.05) is 65.8 Å². The Hall–Kier alpha value is -3.01. The number of nitrogens with zero attached hydrogens (tertiary/aromatic N) is 3. The average Bonchev–Trinajstić information content (AvgIpc) is 3.27. The van der Waals surface area contributed by atoms with Crippen LogP contribution in [0.5, 0.6) is 0 Å². The fourth-order valence-corrected chi connectivity index (χ4v) is 5.52. The van der Waals surface area contributed by atoms with Gasteiger partial charge in [-0.3, -0.25) is 4.79 Å². The summed E-state index contributed by atoms with van der Waals surface area (Å²) in [7, 11) is -2.36. The maximum absolute atomic E-state index is 13.6. The van der Waals surface area contributed by atoms with Crippen LogP contribution >= 0.6 is 0 Å².